The normalized spacial score (nSPS) is 19.1. The summed E-state index contributed by atoms with van der Waals surface area (Å²) >= 11 is 0. The summed E-state index contributed by atoms with van der Waals surface area (Å²) in [7, 11) is 0. The first-order chi connectivity index (χ1) is 9.13. The van der Waals surface area contributed by atoms with Crippen molar-refractivity contribution in [3.63, 3.8) is 0 Å². The molecule has 0 fully saturated rings. The third-order valence-electron chi connectivity index (χ3n) is 3.40. The van der Waals surface area contributed by atoms with Crippen LogP contribution in [0, 0.1) is 5.82 Å². The van der Waals surface area contributed by atoms with Gasteiger partial charge < -0.3 is 9.64 Å². The average molecular weight is 264 g/mol. The lowest BCUT2D eigenvalue weighted by atomic mass is 10.1. The van der Waals surface area contributed by atoms with E-state index in [-0.39, 0.29) is 5.82 Å². The van der Waals surface area contributed by atoms with Crippen LogP contribution < -0.4 is 4.74 Å². The molecule has 0 amide bonds. The number of hydrogen-bond donors (Lipinski definition) is 0. The minimum Gasteiger partial charge on any atom is -0.483 e. The summed E-state index contributed by atoms with van der Waals surface area (Å²) < 4.78 is 18.7. The van der Waals surface area contributed by atoms with E-state index in [1.165, 1.54) is 12.1 Å². The van der Waals surface area contributed by atoms with Gasteiger partial charge in [0.1, 0.15) is 23.8 Å². The van der Waals surface area contributed by atoms with Crippen LogP contribution in [-0.4, -0.2) is 36.7 Å². The van der Waals surface area contributed by atoms with Gasteiger partial charge in [-0.1, -0.05) is 19.9 Å². The van der Waals surface area contributed by atoms with Gasteiger partial charge in [0, 0.05) is 12.1 Å². The van der Waals surface area contributed by atoms with Gasteiger partial charge >= 0.3 is 0 Å². The molecule has 0 saturated carbocycles. The number of benzene rings is 1. The fraction of sp³-hybridized carbons (Fsp3) is 0.467. The summed E-state index contributed by atoms with van der Waals surface area (Å²) in [4.78, 5) is 2.08. The summed E-state index contributed by atoms with van der Waals surface area (Å²) in [6.07, 6.45) is 2.16. The lowest BCUT2D eigenvalue weighted by molar-refractivity contribution is -0.0119. The largest absolute Gasteiger partial charge is 0.483 e. The molecular weight excluding hydrogens is 245 g/mol. The smallest absolute Gasteiger partial charge is 0.148 e. The molecule has 2 unspecified atom stereocenters. The highest BCUT2D eigenvalue weighted by atomic mass is 19.1. The molecule has 0 aromatic heterocycles. The Hall–Kier alpha value is -1.39. The second-order valence-electron chi connectivity index (χ2n) is 4.65. The molecule has 2 atom stereocenters. The predicted molar refractivity (Wildman–Crippen MR) is 72.1 cm³/mol. The zero-order valence-electron chi connectivity index (χ0n) is 11.3. The summed E-state index contributed by atoms with van der Waals surface area (Å²) in [5.41, 5.74) is 0.686. The van der Waals surface area contributed by atoms with Crippen LogP contribution in [0.1, 0.15) is 19.4 Å². The van der Waals surface area contributed by atoms with Gasteiger partial charge in [0.05, 0.1) is 0 Å². The van der Waals surface area contributed by atoms with Crippen LogP contribution in [0.3, 0.4) is 0 Å². The third kappa shape index (κ3) is 3.33. The van der Waals surface area contributed by atoms with Gasteiger partial charge in [0.15, 0.2) is 0 Å². The van der Waals surface area contributed by atoms with Crippen molar-refractivity contribution in [2.45, 2.75) is 26.1 Å². The highest BCUT2D eigenvalue weighted by Gasteiger charge is 2.25. The first-order valence-electron chi connectivity index (χ1n) is 6.66. The minimum absolute atomic E-state index is 0.299. The second-order valence-corrected chi connectivity index (χ2v) is 4.65. The van der Waals surface area contributed by atoms with Gasteiger partial charge in [-0.2, -0.15) is 0 Å². The van der Waals surface area contributed by atoms with Crippen molar-refractivity contribution in [1.82, 2.24) is 4.90 Å². The molecule has 1 aromatic rings. The van der Waals surface area contributed by atoms with Crippen LogP contribution >= 0.6 is 0 Å². The molecule has 1 aliphatic heterocycles. The molecule has 1 radical (unpaired) electrons. The molecule has 0 saturated heterocycles. The van der Waals surface area contributed by atoms with Gasteiger partial charge in [-0.25, -0.2) is 9.50 Å². The Kier molecular flexibility index (Phi) is 4.56. The molecule has 103 valence electrons. The maximum atomic E-state index is 13.1. The zero-order chi connectivity index (χ0) is 13.8. The van der Waals surface area contributed by atoms with E-state index in [1.54, 1.807) is 18.2 Å². The first kappa shape index (κ1) is 14.0. The lowest BCUT2D eigenvalue weighted by Crippen LogP contribution is -2.40. The molecule has 1 aliphatic rings. The Balaban J connectivity index is 2.04. The highest BCUT2D eigenvalue weighted by molar-refractivity contribution is 5.60. The van der Waals surface area contributed by atoms with E-state index in [1.807, 2.05) is 13.8 Å². The standard InChI is InChI=1S/C15H19FNO2/c1-3-17(4-2)10-13(18)15-7-5-11-9-12(16)6-8-14(11)19-15/h5-9,13,15H,3-4,10H2,1-2H3. The van der Waals surface area contributed by atoms with Crippen molar-refractivity contribution in [3.8, 4) is 5.75 Å². The molecule has 4 heteroatoms. The van der Waals surface area contributed by atoms with Gasteiger partial charge in [0.2, 0.25) is 0 Å². The van der Waals surface area contributed by atoms with Crippen LogP contribution in [0.15, 0.2) is 24.3 Å². The quantitative estimate of drug-likeness (QED) is 0.819. The van der Waals surface area contributed by atoms with Crippen LogP contribution in [0.25, 0.3) is 6.08 Å². The highest BCUT2D eigenvalue weighted by Crippen LogP contribution is 2.27. The predicted octanol–water partition coefficient (Wildman–Crippen LogP) is 2.74. The van der Waals surface area contributed by atoms with Gasteiger partial charge in [-0.3, -0.25) is 0 Å². The van der Waals surface area contributed by atoms with Crippen molar-refractivity contribution in [3.05, 3.63) is 35.7 Å². The maximum absolute atomic E-state index is 13.1. The zero-order valence-corrected chi connectivity index (χ0v) is 11.3. The van der Waals surface area contributed by atoms with Crippen molar-refractivity contribution < 1.29 is 14.2 Å². The SMILES string of the molecule is CCN(CC)CC([O])C1C=Cc2cc(F)ccc2O1. The maximum Gasteiger partial charge on any atom is 0.148 e. The van der Waals surface area contributed by atoms with Crippen LogP contribution in [0.5, 0.6) is 5.75 Å². The fourth-order valence-corrected chi connectivity index (χ4v) is 2.18. The number of fused-ring (bicyclic) bond motifs is 1. The first-order valence-corrected chi connectivity index (χ1v) is 6.66. The van der Waals surface area contributed by atoms with E-state index in [4.69, 9.17) is 4.74 Å². The molecule has 19 heavy (non-hydrogen) atoms. The van der Waals surface area contributed by atoms with Crippen LogP contribution in [-0.2, 0) is 5.11 Å². The third-order valence-corrected chi connectivity index (χ3v) is 3.40. The topological polar surface area (TPSA) is 32.4 Å². The Morgan fingerprint density at radius 3 is 2.79 bits per heavy atom. The van der Waals surface area contributed by atoms with E-state index < -0.39 is 12.2 Å². The average Bonchev–Trinajstić information content (AvgIpc) is 2.43. The van der Waals surface area contributed by atoms with Crippen molar-refractivity contribution in [1.29, 1.82) is 0 Å². The molecule has 0 spiro atoms. The van der Waals surface area contributed by atoms with Gasteiger partial charge in [-0.15, -0.1) is 0 Å². The number of likely N-dealkylation sites (N-methyl/N-ethyl adjacent to an activating group) is 1. The van der Waals surface area contributed by atoms with Gasteiger partial charge in [0.25, 0.3) is 0 Å². The van der Waals surface area contributed by atoms with Crippen molar-refractivity contribution in [2.24, 2.45) is 0 Å². The van der Waals surface area contributed by atoms with E-state index in [0.717, 1.165) is 13.1 Å². The number of rotatable bonds is 5. The Morgan fingerprint density at radius 2 is 2.11 bits per heavy atom. The summed E-state index contributed by atoms with van der Waals surface area (Å²) in [5, 5.41) is 12.2. The Labute approximate surface area is 113 Å². The second kappa shape index (κ2) is 6.17. The van der Waals surface area contributed by atoms with E-state index in [0.29, 0.717) is 17.9 Å². The van der Waals surface area contributed by atoms with Crippen molar-refractivity contribution >= 4 is 6.08 Å². The van der Waals surface area contributed by atoms with Crippen molar-refractivity contribution in [2.75, 3.05) is 19.6 Å². The monoisotopic (exact) mass is 264 g/mol. The van der Waals surface area contributed by atoms with E-state index in [9.17, 15) is 9.50 Å². The number of hydrogen-bond acceptors (Lipinski definition) is 2. The van der Waals surface area contributed by atoms with Crippen LogP contribution in [0.4, 0.5) is 4.39 Å². The molecule has 0 bridgehead atoms. The number of nitrogens with zero attached hydrogens (tertiary/aromatic N) is 1. The molecule has 2 rings (SSSR count). The fourth-order valence-electron chi connectivity index (χ4n) is 2.18. The number of ether oxygens (including phenoxy) is 1. The van der Waals surface area contributed by atoms with Crippen LogP contribution in [0.2, 0.25) is 0 Å². The Morgan fingerprint density at radius 1 is 1.37 bits per heavy atom. The summed E-state index contributed by atoms with van der Waals surface area (Å²) in [6, 6.07) is 4.33. The van der Waals surface area contributed by atoms with E-state index in [2.05, 4.69) is 4.90 Å². The summed E-state index contributed by atoms with van der Waals surface area (Å²) in [5.74, 6) is 0.279. The van der Waals surface area contributed by atoms with Gasteiger partial charge in [-0.05, 0) is 37.4 Å². The van der Waals surface area contributed by atoms with E-state index >= 15 is 0 Å². The molecule has 1 heterocycles. The minimum atomic E-state index is -0.839. The molecule has 3 nitrogen and oxygen atoms in total. The Bertz CT molecular complexity index is 457. The summed E-state index contributed by atoms with van der Waals surface area (Å²) in [6.45, 7) is 6.23. The molecule has 0 aliphatic carbocycles. The molecular formula is C15H19FNO2. The molecule has 1 aromatic carbocycles. The molecule has 0 N–H and O–H groups in total. The lowest BCUT2D eigenvalue weighted by Gasteiger charge is -2.28. The number of halogens is 1.